The SMILES string of the molecule is Cc1ccc(C)c(OCC(O)CNOCC(F)(F)F)c1. The number of aliphatic hydroxyl groups is 1. The van der Waals surface area contributed by atoms with E-state index in [1.807, 2.05) is 32.0 Å². The molecule has 0 aliphatic carbocycles. The van der Waals surface area contributed by atoms with Gasteiger partial charge in [0.25, 0.3) is 0 Å². The second-order valence-corrected chi connectivity index (χ2v) is 4.49. The summed E-state index contributed by atoms with van der Waals surface area (Å²) < 4.78 is 40.7. The minimum atomic E-state index is -4.40. The summed E-state index contributed by atoms with van der Waals surface area (Å²) in [6, 6.07) is 5.66. The maximum absolute atomic E-state index is 11.8. The van der Waals surface area contributed by atoms with E-state index in [1.165, 1.54) is 0 Å². The summed E-state index contributed by atoms with van der Waals surface area (Å²) in [6.45, 7) is 2.19. The van der Waals surface area contributed by atoms with Crippen molar-refractivity contribution in [2.24, 2.45) is 0 Å². The molecule has 0 bridgehead atoms. The van der Waals surface area contributed by atoms with Crippen LogP contribution in [0.1, 0.15) is 11.1 Å². The Morgan fingerprint density at radius 2 is 2.00 bits per heavy atom. The van der Waals surface area contributed by atoms with Crippen molar-refractivity contribution in [3.8, 4) is 5.75 Å². The standard InChI is InChI=1S/C13H18F3NO3/c1-9-3-4-10(2)12(5-9)19-7-11(18)6-17-20-8-13(14,15)16/h3-5,11,17-18H,6-8H2,1-2H3. The molecule has 0 heterocycles. The van der Waals surface area contributed by atoms with Gasteiger partial charge in [0.15, 0.2) is 6.61 Å². The van der Waals surface area contributed by atoms with E-state index in [9.17, 15) is 18.3 Å². The van der Waals surface area contributed by atoms with Gasteiger partial charge in [-0.3, -0.25) is 4.84 Å². The highest BCUT2D eigenvalue weighted by molar-refractivity contribution is 5.35. The monoisotopic (exact) mass is 293 g/mol. The molecule has 0 fully saturated rings. The molecule has 0 aliphatic heterocycles. The van der Waals surface area contributed by atoms with E-state index in [0.717, 1.165) is 11.1 Å². The lowest BCUT2D eigenvalue weighted by Crippen LogP contribution is -2.34. The molecule has 1 aromatic rings. The van der Waals surface area contributed by atoms with Crippen molar-refractivity contribution in [3.63, 3.8) is 0 Å². The third-order valence-corrected chi connectivity index (χ3v) is 2.43. The highest BCUT2D eigenvalue weighted by atomic mass is 19.4. The number of benzene rings is 1. The first-order chi connectivity index (χ1) is 9.28. The van der Waals surface area contributed by atoms with E-state index in [1.54, 1.807) is 0 Å². The van der Waals surface area contributed by atoms with Crippen LogP contribution in [0.15, 0.2) is 18.2 Å². The number of hydrogen-bond acceptors (Lipinski definition) is 4. The summed E-state index contributed by atoms with van der Waals surface area (Å²) in [5, 5.41) is 9.55. The zero-order valence-corrected chi connectivity index (χ0v) is 11.3. The van der Waals surface area contributed by atoms with Gasteiger partial charge in [-0.05, 0) is 31.0 Å². The Morgan fingerprint density at radius 3 is 2.65 bits per heavy atom. The molecule has 1 unspecified atom stereocenters. The van der Waals surface area contributed by atoms with Crippen LogP contribution in [0.5, 0.6) is 5.75 Å². The van der Waals surface area contributed by atoms with Crippen LogP contribution < -0.4 is 10.2 Å². The number of hydroxylamine groups is 1. The van der Waals surface area contributed by atoms with Crippen molar-refractivity contribution in [1.82, 2.24) is 5.48 Å². The Labute approximate surface area is 115 Å². The quantitative estimate of drug-likeness (QED) is 0.597. The Balaban J connectivity index is 2.26. The van der Waals surface area contributed by atoms with Gasteiger partial charge in [0.05, 0.1) is 6.54 Å². The number of nitrogens with one attached hydrogen (secondary N) is 1. The van der Waals surface area contributed by atoms with Gasteiger partial charge in [-0.1, -0.05) is 12.1 Å². The fourth-order valence-electron chi connectivity index (χ4n) is 1.40. The normalized spacial score (nSPS) is 13.3. The topological polar surface area (TPSA) is 50.7 Å². The summed E-state index contributed by atoms with van der Waals surface area (Å²) in [5.41, 5.74) is 3.99. The number of aryl methyl sites for hydroxylation is 2. The number of ether oxygens (including phenoxy) is 1. The molecule has 4 nitrogen and oxygen atoms in total. The summed E-state index contributed by atoms with van der Waals surface area (Å²) in [6.07, 6.45) is -5.37. The smallest absolute Gasteiger partial charge is 0.413 e. The second-order valence-electron chi connectivity index (χ2n) is 4.49. The van der Waals surface area contributed by atoms with Crippen LogP contribution in [0.3, 0.4) is 0 Å². The van der Waals surface area contributed by atoms with Crippen molar-refractivity contribution >= 4 is 0 Å². The highest BCUT2D eigenvalue weighted by Gasteiger charge is 2.27. The van der Waals surface area contributed by atoms with Gasteiger partial charge < -0.3 is 9.84 Å². The average molecular weight is 293 g/mol. The Bertz CT molecular complexity index is 424. The first-order valence-corrected chi connectivity index (χ1v) is 6.07. The predicted octanol–water partition coefficient (Wildman–Crippen LogP) is 2.13. The third-order valence-electron chi connectivity index (χ3n) is 2.43. The molecule has 0 spiro atoms. The molecule has 2 N–H and O–H groups in total. The molecular formula is C13H18F3NO3. The zero-order valence-electron chi connectivity index (χ0n) is 11.3. The summed E-state index contributed by atoms with van der Waals surface area (Å²) >= 11 is 0. The average Bonchev–Trinajstić information content (AvgIpc) is 2.34. The number of aliphatic hydroxyl groups excluding tert-OH is 1. The lowest BCUT2D eigenvalue weighted by Gasteiger charge is -2.15. The highest BCUT2D eigenvalue weighted by Crippen LogP contribution is 2.19. The lowest BCUT2D eigenvalue weighted by atomic mass is 10.1. The molecule has 20 heavy (non-hydrogen) atoms. The van der Waals surface area contributed by atoms with Crippen LogP contribution in [-0.4, -0.2) is 37.1 Å². The van der Waals surface area contributed by atoms with Crippen LogP contribution in [0.4, 0.5) is 13.2 Å². The summed E-state index contributed by atoms with van der Waals surface area (Å²) in [7, 11) is 0. The first kappa shape index (κ1) is 16.7. The van der Waals surface area contributed by atoms with E-state index in [4.69, 9.17) is 4.74 Å². The lowest BCUT2D eigenvalue weighted by molar-refractivity contribution is -0.191. The predicted molar refractivity (Wildman–Crippen MR) is 67.4 cm³/mol. The number of alkyl halides is 3. The van der Waals surface area contributed by atoms with Gasteiger partial charge in [-0.2, -0.15) is 18.7 Å². The van der Waals surface area contributed by atoms with Crippen molar-refractivity contribution in [1.29, 1.82) is 0 Å². The van der Waals surface area contributed by atoms with Crippen molar-refractivity contribution in [2.75, 3.05) is 19.8 Å². The van der Waals surface area contributed by atoms with Crippen molar-refractivity contribution < 1.29 is 27.9 Å². The fraction of sp³-hybridized carbons (Fsp3) is 0.538. The molecule has 0 saturated carbocycles. The van der Waals surface area contributed by atoms with Gasteiger partial charge in [-0.15, -0.1) is 0 Å². The van der Waals surface area contributed by atoms with Crippen LogP contribution in [0.25, 0.3) is 0 Å². The Hall–Kier alpha value is -1.31. The molecule has 0 saturated heterocycles. The van der Waals surface area contributed by atoms with E-state index >= 15 is 0 Å². The molecule has 114 valence electrons. The van der Waals surface area contributed by atoms with E-state index in [2.05, 4.69) is 10.3 Å². The largest absolute Gasteiger partial charge is 0.491 e. The minimum absolute atomic E-state index is 0.0350. The fourth-order valence-corrected chi connectivity index (χ4v) is 1.40. The van der Waals surface area contributed by atoms with Gasteiger partial charge in [-0.25, -0.2) is 0 Å². The van der Waals surface area contributed by atoms with Gasteiger partial charge in [0.2, 0.25) is 0 Å². The van der Waals surface area contributed by atoms with Crippen LogP contribution in [0.2, 0.25) is 0 Å². The van der Waals surface area contributed by atoms with Gasteiger partial charge in [0, 0.05) is 0 Å². The molecule has 0 aromatic heterocycles. The minimum Gasteiger partial charge on any atom is -0.491 e. The van der Waals surface area contributed by atoms with E-state index in [0.29, 0.717) is 5.75 Å². The maximum Gasteiger partial charge on any atom is 0.413 e. The van der Waals surface area contributed by atoms with Gasteiger partial charge >= 0.3 is 6.18 Å². The Morgan fingerprint density at radius 1 is 1.30 bits per heavy atom. The van der Waals surface area contributed by atoms with Crippen molar-refractivity contribution in [3.05, 3.63) is 29.3 Å². The van der Waals surface area contributed by atoms with Crippen molar-refractivity contribution in [2.45, 2.75) is 26.1 Å². The molecule has 0 radical (unpaired) electrons. The summed E-state index contributed by atoms with van der Waals surface area (Å²) in [5.74, 6) is 0.639. The number of halogens is 3. The summed E-state index contributed by atoms with van der Waals surface area (Å²) in [4.78, 5) is 4.17. The van der Waals surface area contributed by atoms with Crippen LogP contribution >= 0.6 is 0 Å². The van der Waals surface area contributed by atoms with Crippen LogP contribution in [0, 0.1) is 13.8 Å². The molecule has 1 rings (SSSR count). The third kappa shape index (κ3) is 6.74. The van der Waals surface area contributed by atoms with E-state index in [-0.39, 0.29) is 13.2 Å². The Kier molecular flexibility index (Phi) is 6.25. The van der Waals surface area contributed by atoms with Gasteiger partial charge in [0.1, 0.15) is 18.5 Å². The molecule has 1 aromatic carbocycles. The second kappa shape index (κ2) is 7.47. The first-order valence-electron chi connectivity index (χ1n) is 6.07. The maximum atomic E-state index is 11.8. The molecule has 0 amide bonds. The van der Waals surface area contributed by atoms with Crippen LogP contribution in [-0.2, 0) is 4.84 Å². The molecular weight excluding hydrogens is 275 g/mol. The number of rotatable bonds is 7. The molecule has 1 atom stereocenters. The molecule has 0 aliphatic rings. The zero-order chi connectivity index (χ0) is 15.2. The number of hydrogen-bond donors (Lipinski definition) is 2. The van der Waals surface area contributed by atoms with E-state index < -0.39 is 18.9 Å². The molecule has 7 heteroatoms.